The largest absolute Gasteiger partial charge is 0.465 e. The van der Waals surface area contributed by atoms with Crippen LogP contribution >= 0.6 is 0 Å². The number of carbonyl (C=O) groups excluding carboxylic acids is 1. The van der Waals surface area contributed by atoms with Crippen molar-refractivity contribution in [3.8, 4) is 17.1 Å². The van der Waals surface area contributed by atoms with Crippen LogP contribution in [-0.2, 0) is 4.74 Å². The Kier molecular flexibility index (Phi) is 3.53. The maximum atomic E-state index is 11.9. The van der Waals surface area contributed by atoms with Gasteiger partial charge in [-0.15, -0.1) is 0 Å². The molecule has 0 saturated carbocycles. The van der Waals surface area contributed by atoms with Crippen molar-refractivity contribution in [2.45, 2.75) is 6.92 Å². The Labute approximate surface area is 143 Å². The summed E-state index contributed by atoms with van der Waals surface area (Å²) >= 11 is 0. The van der Waals surface area contributed by atoms with E-state index in [4.69, 9.17) is 4.74 Å². The molecule has 124 valence electrons. The Morgan fingerprint density at radius 1 is 1.16 bits per heavy atom. The zero-order valence-electron chi connectivity index (χ0n) is 13.7. The van der Waals surface area contributed by atoms with Crippen LogP contribution in [0.1, 0.15) is 16.1 Å². The number of aryl methyl sites for hydroxylation is 1. The van der Waals surface area contributed by atoms with Gasteiger partial charge in [0.25, 0.3) is 0 Å². The highest BCUT2D eigenvalue weighted by atomic mass is 16.5. The first-order valence-corrected chi connectivity index (χ1v) is 7.71. The van der Waals surface area contributed by atoms with Crippen molar-refractivity contribution in [1.29, 1.82) is 0 Å². The molecule has 4 rings (SSSR count). The highest BCUT2D eigenvalue weighted by Crippen LogP contribution is 2.24. The lowest BCUT2D eigenvalue weighted by atomic mass is 10.1. The van der Waals surface area contributed by atoms with E-state index in [1.54, 1.807) is 21.6 Å². The fraction of sp³-hybridized carbons (Fsp3) is 0.111. The van der Waals surface area contributed by atoms with E-state index >= 15 is 0 Å². The number of aromatic nitrogens is 5. The Hall–Kier alpha value is -3.48. The summed E-state index contributed by atoms with van der Waals surface area (Å²) < 4.78 is 8.23. The molecule has 0 unspecified atom stereocenters. The van der Waals surface area contributed by atoms with Gasteiger partial charge in [-0.2, -0.15) is 10.2 Å². The molecule has 0 bridgehead atoms. The van der Waals surface area contributed by atoms with Crippen LogP contribution in [0.4, 0.5) is 0 Å². The number of pyridine rings is 2. The SMILES string of the molecule is COC(=O)c1cnn2ccc(-c3ccnn3-c3cccc(C)n3)cc12. The molecule has 0 saturated heterocycles. The van der Waals surface area contributed by atoms with Crippen LogP contribution in [0.15, 0.2) is 55.0 Å². The first-order valence-electron chi connectivity index (χ1n) is 7.71. The van der Waals surface area contributed by atoms with Crippen LogP contribution < -0.4 is 0 Å². The zero-order chi connectivity index (χ0) is 17.4. The van der Waals surface area contributed by atoms with E-state index in [1.165, 1.54) is 13.3 Å². The lowest BCUT2D eigenvalue weighted by molar-refractivity contribution is 0.0603. The molecular weight excluding hydrogens is 318 g/mol. The number of hydrogen-bond acceptors (Lipinski definition) is 5. The van der Waals surface area contributed by atoms with Crippen LogP contribution in [-0.4, -0.2) is 37.5 Å². The molecule has 0 aliphatic heterocycles. The smallest absolute Gasteiger partial charge is 0.341 e. The molecule has 0 aliphatic rings. The van der Waals surface area contributed by atoms with Gasteiger partial charge in [-0.05, 0) is 37.3 Å². The van der Waals surface area contributed by atoms with Crippen molar-refractivity contribution < 1.29 is 9.53 Å². The van der Waals surface area contributed by atoms with Gasteiger partial charge in [0, 0.05) is 17.5 Å². The molecule has 0 aromatic carbocycles. The second-order valence-electron chi connectivity index (χ2n) is 5.56. The molecule has 0 aliphatic carbocycles. The minimum atomic E-state index is -0.416. The monoisotopic (exact) mass is 333 g/mol. The van der Waals surface area contributed by atoms with E-state index in [0.29, 0.717) is 11.1 Å². The topological polar surface area (TPSA) is 74.3 Å². The van der Waals surface area contributed by atoms with Crippen LogP contribution in [0.3, 0.4) is 0 Å². The molecule has 0 amide bonds. The van der Waals surface area contributed by atoms with Crippen molar-refractivity contribution >= 4 is 11.5 Å². The molecule has 7 nitrogen and oxygen atoms in total. The summed E-state index contributed by atoms with van der Waals surface area (Å²) in [5, 5.41) is 8.57. The Bertz CT molecular complexity index is 1080. The van der Waals surface area contributed by atoms with Crippen LogP contribution in [0.2, 0.25) is 0 Å². The minimum Gasteiger partial charge on any atom is -0.465 e. The maximum absolute atomic E-state index is 11.9. The quantitative estimate of drug-likeness (QED) is 0.539. The number of rotatable bonds is 3. The predicted octanol–water partition coefficient (Wildman–Crippen LogP) is 2.68. The van der Waals surface area contributed by atoms with Gasteiger partial charge in [0.05, 0.1) is 30.7 Å². The molecule has 4 aromatic heterocycles. The number of fused-ring (bicyclic) bond motifs is 1. The Morgan fingerprint density at radius 2 is 2.04 bits per heavy atom. The molecule has 0 fully saturated rings. The van der Waals surface area contributed by atoms with Crippen molar-refractivity contribution in [1.82, 2.24) is 24.4 Å². The summed E-state index contributed by atoms with van der Waals surface area (Å²) in [5.74, 6) is 0.322. The average molecular weight is 333 g/mol. The average Bonchev–Trinajstić information content (AvgIpc) is 3.27. The lowest BCUT2D eigenvalue weighted by Gasteiger charge is -2.08. The Morgan fingerprint density at radius 3 is 2.84 bits per heavy atom. The summed E-state index contributed by atoms with van der Waals surface area (Å²) in [6.07, 6.45) is 5.03. The summed E-state index contributed by atoms with van der Waals surface area (Å²) in [6, 6.07) is 11.5. The molecule has 0 atom stereocenters. The van der Waals surface area contributed by atoms with E-state index < -0.39 is 5.97 Å². The second kappa shape index (κ2) is 5.86. The number of carbonyl (C=O) groups is 1. The number of esters is 1. The summed E-state index contributed by atoms with van der Waals surface area (Å²) in [7, 11) is 1.36. The molecule has 0 spiro atoms. The van der Waals surface area contributed by atoms with Crippen LogP contribution in [0.5, 0.6) is 0 Å². The third kappa shape index (κ3) is 2.55. The van der Waals surface area contributed by atoms with Gasteiger partial charge in [0.15, 0.2) is 5.82 Å². The van der Waals surface area contributed by atoms with E-state index in [0.717, 1.165) is 22.8 Å². The predicted molar refractivity (Wildman–Crippen MR) is 91.6 cm³/mol. The van der Waals surface area contributed by atoms with Crippen molar-refractivity contribution in [2.75, 3.05) is 7.11 Å². The minimum absolute atomic E-state index is 0.416. The van der Waals surface area contributed by atoms with E-state index in [-0.39, 0.29) is 0 Å². The van der Waals surface area contributed by atoms with Crippen molar-refractivity contribution in [3.63, 3.8) is 0 Å². The van der Waals surface area contributed by atoms with Gasteiger partial charge in [0.2, 0.25) is 0 Å². The molecule has 7 heteroatoms. The van der Waals surface area contributed by atoms with Crippen molar-refractivity contribution in [3.05, 3.63) is 66.2 Å². The fourth-order valence-electron chi connectivity index (χ4n) is 2.76. The highest BCUT2D eigenvalue weighted by Gasteiger charge is 2.15. The first kappa shape index (κ1) is 15.1. The summed E-state index contributed by atoms with van der Waals surface area (Å²) in [4.78, 5) is 16.4. The fourth-order valence-corrected chi connectivity index (χ4v) is 2.76. The lowest BCUT2D eigenvalue weighted by Crippen LogP contribution is -2.03. The third-order valence-electron chi connectivity index (χ3n) is 3.96. The van der Waals surface area contributed by atoms with E-state index in [1.807, 2.05) is 43.3 Å². The van der Waals surface area contributed by atoms with Gasteiger partial charge in [-0.1, -0.05) is 6.07 Å². The zero-order valence-corrected chi connectivity index (χ0v) is 13.7. The number of hydrogen-bond donors (Lipinski definition) is 0. The first-order chi connectivity index (χ1) is 12.2. The van der Waals surface area contributed by atoms with Crippen molar-refractivity contribution in [2.24, 2.45) is 0 Å². The van der Waals surface area contributed by atoms with Gasteiger partial charge >= 0.3 is 5.97 Å². The van der Waals surface area contributed by atoms with Gasteiger partial charge in [-0.3, -0.25) is 0 Å². The second-order valence-corrected chi connectivity index (χ2v) is 5.56. The normalized spacial score (nSPS) is 11.0. The number of methoxy groups -OCH3 is 1. The number of ether oxygens (including phenoxy) is 1. The third-order valence-corrected chi connectivity index (χ3v) is 3.96. The van der Waals surface area contributed by atoms with Crippen LogP contribution in [0, 0.1) is 6.92 Å². The molecular formula is C18H15N5O2. The summed E-state index contributed by atoms with van der Waals surface area (Å²) in [5.41, 5.74) is 3.79. The molecule has 0 radical (unpaired) electrons. The maximum Gasteiger partial charge on any atom is 0.341 e. The molecule has 0 N–H and O–H groups in total. The molecule has 4 aromatic rings. The van der Waals surface area contributed by atoms with E-state index in [9.17, 15) is 4.79 Å². The van der Waals surface area contributed by atoms with Gasteiger partial charge < -0.3 is 4.74 Å². The van der Waals surface area contributed by atoms with Gasteiger partial charge in [0.1, 0.15) is 5.56 Å². The van der Waals surface area contributed by atoms with E-state index in [2.05, 4.69) is 15.2 Å². The Balaban J connectivity index is 1.86. The highest BCUT2D eigenvalue weighted by molar-refractivity contribution is 5.97. The number of nitrogens with zero attached hydrogens (tertiary/aromatic N) is 5. The van der Waals surface area contributed by atoms with Crippen LogP contribution in [0.25, 0.3) is 22.6 Å². The molecule has 4 heterocycles. The van der Waals surface area contributed by atoms with Gasteiger partial charge in [-0.25, -0.2) is 19.0 Å². The summed E-state index contributed by atoms with van der Waals surface area (Å²) in [6.45, 7) is 1.94. The standard InChI is InChI=1S/C18H15N5O2/c1-12-4-3-5-17(21-12)23-15(6-8-19-23)13-7-9-22-16(10-13)14(11-20-22)18(24)25-2/h3-11H,1-2H3. The molecule has 25 heavy (non-hydrogen) atoms.